The zero-order valence-electron chi connectivity index (χ0n) is 12.1. The minimum atomic E-state index is -0.119. The molecule has 1 fully saturated rings. The number of hydrogen-bond acceptors (Lipinski definition) is 2. The van der Waals surface area contributed by atoms with Crippen molar-refractivity contribution in [3.05, 3.63) is 35.6 Å². The van der Waals surface area contributed by atoms with E-state index in [1.807, 2.05) is 17.0 Å². The van der Waals surface area contributed by atoms with Crippen LogP contribution in [-0.2, 0) is 11.2 Å². The number of carbonyl (C=O) groups is 1. The first kappa shape index (κ1) is 15.0. The van der Waals surface area contributed by atoms with Crippen molar-refractivity contribution in [3.63, 3.8) is 0 Å². The van der Waals surface area contributed by atoms with Gasteiger partial charge in [-0.05, 0) is 50.3 Å². The zero-order valence-corrected chi connectivity index (χ0v) is 12.1. The lowest BCUT2D eigenvalue weighted by Crippen LogP contribution is -2.43. The Morgan fingerprint density at radius 2 is 2.25 bits per heavy atom. The van der Waals surface area contributed by atoms with E-state index >= 15 is 0 Å². The van der Waals surface area contributed by atoms with Crippen molar-refractivity contribution in [2.45, 2.75) is 25.7 Å². The van der Waals surface area contributed by atoms with Gasteiger partial charge in [0.1, 0.15) is 5.82 Å². The summed E-state index contributed by atoms with van der Waals surface area (Å²) < 4.78 is 13.6. The third-order valence-corrected chi connectivity index (χ3v) is 3.98. The number of hydrogen-bond donors (Lipinski definition) is 1. The Morgan fingerprint density at radius 1 is 1.45 bits per heavy atom. The molecule has 0 bridgehead atoms. The third-order valence-electron chi connectivity index (χ3n) is 3.98. The summed E-state index contributed by atoms with van der Waals surface area (Å²) in [6.07, 6.45) is 3.89. The van der Waals surface area contributed by atoms with E-state index in [2.05, 4.69) is 5.32 Å². The highest BCUT2D eigenvalue weighted by Gasteiger charge is 2.23. The molecule has 1 unspecified atom stereocenters. The van der Waals surface area contributed by atoms with Crippen LogP contribution >= 0.6 is 0 Å². The molecular weight excluding hydrogens is 255 g/mol. The quantitative estimate of drug-likeness (QED) is 0.895. The second-order valence-electron chi connectivity index (χ2n) is 5.51. The van der Waals surface area contributed by atoms with Gasteiger partial charge in [0.2, 0.25) is 5.91 Å². The monoisotopic (exact) mass is 278 g/mol. The maximum Gasteiger partial charge on any atom is 0.236 e. The zero-order chi connectivity index (χ0) is 14.4. The molecule has 1 N–H and O–H groups in total. The molecule has 0 aliphatic carbocycles. The molecule has 1 atom stereocenters. The summed E-state index contributed by atoms with van der Waals surface area (Å²) in [5.41, 5.74) is 0.783. The van der Waals surface area contributed by atoms with Crippen LogP contribution in [0.15, 0.2) is 24.3 Å². The van der Waals surface area contributed by atoms with Gasteiger partial charge in [-0.25, -0.2) is 4.39 Å². The summed E-state index contributed by atoms with van der Waals surface area (Å²) in [6.45, 7) is 2.08. The van der Waals surface area contributed by atoms with Gasteiger partial charge in [0.05, 0.1) is 6.54 Å². The lowest BCUT2D eigenvalue weighted by Gasteiger charge is -2.33. The number of likely N-dealkylation sites (N-methyl/N-ethyl adjacent to an activating group) is 1. The molecule has 0 saturated carbocycles. The molecule has 2 rings (SSSR count). The van der Waals surface area contributed by atoms with Crippen molar-refractivity contribution < 1.29 is 9.18 Å². The number of amides is 1. The van der Waals surface area contributed by atoms with Crippen LogP contribution in [0.3, 0.4) is 0 Å². The first-order chi connectivity index (χ1) is 9.70. The second kappa shape index (κ2) is 7.39. The maximum atomic E-state index is 13.6. The lowest BCUT2D eigenvalue weighted by atomic mass is 9.91. The normalized spacial score (nSPS) is 19.1. The van der Waals surface area contributed by atoms with Crippen LogP contribution < -0.4 is 5.32 Å². The molecule has 0 spiro atoms. The molecule has 20 heavy (non-hydrogen) atoms. The SMILES string of the molecule is CNCC(=O)N1CCCC(CCc2ccccc2F)C1. The number of nitrogens with one attached hydrogen (secondary N) is 1. The van der Waals surface area contributed by atoms with Crippen molar-refractivity contribution in [3.8, 4) is 0 Å². The van der Waals surface area contributed by atoms with Gasteiger partial charge in [-0.3, -0.25) is 4.79 Å². The van der Waals surface area contributed by atoms with Gasteiger partial charge in [0.15, 0.2) is 0 Å². The van der Waals surface area contributed by atoms with Crippen LogP contribution in [0.2, 0.25) is 0 Å². The standard InChI is InChI=1S/C16H23FN2O/c1-18-11-16(20)19-10-4-5-13(12-19)8-9-14-6-2-3-7-15(14)17/h2-3,6-7,13,18H,4-5,8-12H2,1H3. The molecule has 0 radical (unpaired) electrons. The molecule has 1 aliphatic rings. The molecule has 1 aromatic rings. The Balaban J connectivity index is 1.84. The van der Waals surface area contributed by atoms with Crippen molar-refractivity contribution >= 4 is 5.91 Å². The highest BCUT2D eigenvalue weighted by Crippen LogP contribution is 2.22. The predicted molar refractivity (Wildman–Crippen MR) is 78.0 cm³/mol. The summed E-state index contributed by atoms with van der Waals surface area (Å²) in [5.74, 6) is 0.540. The van der Waals surface area contributed by atoms with E-state index in [0.29, 0.717) is 12.5 Å². The first-order valence-corrected chi connectivity index (χ1v) is 7.36. The molecule has 1 aliphatic heterocycles. The number of piperidine rings is 1. The highest BCUT2D eigenvalue weighted by molar-refractivity contribution is 5.78. The van der Waals surface area contributed by atoms with Crippen molar-refractivity contribution in [2.75, 3.05) is 26.7 Å². The smallest absolute Gasteiger partial charge is 0.236 e. The lowest BCUT2D eigenvalue weighted by molar-refractivity contribution is -0.131. The fourth-order valence-corrected chi connectivity index (χ4v) is 2.85. The van der Waals surface area contributed by atoms with Crippen molar-refractivity contribution in [1.82, 2.24) is 10.2 Å². The van der Waals surface area contributed by atoms with E-state index in [4.69, 9.17) is 0 Å². The molecule has 1 aromatic carbocycles. The van der Waals surface area contributed by atoms with Crippen LogP contribution in [0, 0.1) is 11.7 Å². The van der Waals surface area contributed by atoms with Gasteiger partial charge >= 0.3 is 0 Å². The number of nitrogens with zero attached hydrogens (tertiary/aromatic N) is 1. The number of benzene rings is 1. The van der Waals surface area contributed by atoms with Crippen LogP contribution in [0.25, 0.3) is 0 Å². The summed E-state index contributed by atoms with van der Waals surface area (Å²) in [5, 5.41) is 2.90. The largest absolute Gasteiger partial charge is 0.341 e. The van der Waals surface area contributed by atoms with Crippen molar-refractivity contribution in [2.24, 2.45) is 5.92 Å². The number of likely N-dealkylation sites (tertiary alicyclic amines) is 1. The van der Waals surface area contributed by atoms with Crippen LogP contribution in [0.1, 0.15) is 24.8 Å². The minimum absolute atomic E-state index is 0.119. The first-order valence-electron chi connectivity index (χ1n) is 7.36. The number of aryl methyl sites for hydroxylation is 1. The predicted octanol–water partition coefficient (Wildman–Crippen LogP) is 2.22. The molecule has 1 amide bonds. The summed E-state index contributed by atoms with van der Waals surface area (Å²) in [4.78, 5) is 13.8. The average molecular weight is 278 g/mol. The molecule has 1 saturated heterocycles. The summed E-state index contributed by atoms with van der Waals surface area (Å²) >= 11 is 0. The fourth-order valence-electron chi connectivity index (χ4n) is 2.85. The van der Waals surface area contributed by atoms with Gasteiger partial charge in [-0.2, -0.15) is 0 Å². The van der Waals surface area contributed by atoms with E-state index in [0.717, 1.165) is 44.3 Å². The highest BCUT2D eigenvalue weighted by atomic mass is 19.1. The fraction of sp³-hybridized carbons (Fsp3) is 0.562. The Morgan fingerprint density at radius 3 is 3.00 bits per heavy atom. The topological polar surface area (TPSA) is 32.3 Å². The maximum absolute atomic E-state index is 13.6. The van der Waals surface area contributed by atoms with E-state index in [1.165, 1.54) is 6.07 Å². The van der Waals surface area contributed by atoms with Crippen LogP contribution in [0.4, 0.5) is 4.39 Å². The van der Waals surface area contributed by atoms with Gasteiger partial charge in [-0.1, -0.05) is 18.2 Å². The Kier molecular flexibility index (Phi) is 5.53. The van der Waals surface area contributed by atoms with E-state index in [1.54, 1.807) is 13.1 Å². The number of rotatable bonds is 5. The van der Waals surface area contributed by atoms with Crippen LogP contribution in [0.5, 0.6) is 0 Å². The molecule has 3 nitrogen and oxygen atoms in total. The van der Waals surface area contributed by atoms with Crippen LogP contribution in [-0.4, -0.2) is 37.5 Å². The molecule has 110 valence electrons. The molecule has 0 aromatic heterocycles. The summed E-state index contributed by atoms with van der Waals surface area (Å²) in [7, 11) is 1.79. The molecular formula is C16H23FN2O. The number of halogens is 1. The van der Waals surface area contributed by atoms with Gasteiger partial charge < -0.3 is 10.2 Å². The minimum Gasteiger partial charge on any atom is -0.341 e. The Hall–Kier alpha value is -1.42. The second-order valence-corrected chi connectivity index (χ2v) is 5.51. The van der Waals surface area contributed by atoms with Gasteiger partial charge in [-0.15, -0.1) is 0 Å². The summed E-state index contributed by atoms with van der Waals surface area (Å²) in [6, 6.07) is 6.96. The molecule has 4 heteroatoms. The van der Waals surface area contributed by atoms with Gasteiger partial charge in [0.25, 0.3) is 0 Å². The van der Waals surface area contributed by atoms with Crippen molar-refractivity contribution in [1.29, 1.82) is 0 Å². The van der Waals surface area contributed by atoms with E-state index in [-0.39, 0.29) is 11.7 Å². The van der Waals surface area contributed by atoms with E-state index in [9.17, 15) is 9.18 Å². The Labute approximate surface area is 120 Å². The Bertz CT molecular complexity index is 450. The van der Waals surface area contributed by atoms with E-state index < -0.39 is 0 Å². The van der Waals surface area contributed by atoms with Gasteiger partial charge in [0, 0.05) is 13.1 Å². The molecule has 1 heterocycles. The average Bonchev–Trinajstić information content (AvgIpc) is 2.47. The third kappa shape index (κ3) is 4.04. The number of carbonyl (C=O) groups excluding carboxylic acids is 1.